The van der Waals surface area contributed by atoms with Gasteiger partial charge in [-0.05, 0) is 23.6 Å². The van der Waals surface area contributed by atoms with Crippen molar-refractivity contribution in [1.82, 2.24) is 10.2 Å². The van der Waals surface area contributed by atoms with E-state index in [9.17, 15) is 14.0 Å². The van der Waals surface area contributed by atoms with Crippen LogP contribution < -0.4 is 11.1 Å². The lowest BCUT2D eigenvalue weighted by atomic mass is 10.1. The minimum Gasteiger partial charge on any atom is -0.346 e. The molecule has 0 saturated carbocycles. The lowest BCUT2D eigenvalue weighted by Gasteiger charge is -2.20. The van der Waals surface area contributed by atoms with Crippen molar-refractivity contribution in [1.29, 1.82) is 0 Å². The fraction of sp³-hybridized carbons (Fsp3) is 0.467. The van der Waals surface area contributed by atoms with E-state index in [2.05, 4.69) is 5.32 Å². The Balaban J connectivity index is 0.00000484. The van der Waals surface area contributed by atoms with Crippen molar-refractivity contribution in [2.45, 2.75) is 26.4 Å². The maximum Gasteiger partial charge on any atom is 0.242 e. The number of nitrogens with two attached hydrogens (primary N) is 1. The van der Waals surface area contributed by atoms with Gasteiger partial charge in [0.25, 0.3) is 0 Å². The van der Waals surface area contributed by atoms with Gasteiger partial charge in [-0.15, -0.1) is 12.4 Å². The molecule has 0 saturated heterocycles. The van der Waals surface area contributed by atoms with E-state index in [-0.39, 0.29) is 48.3 Å². The summed E-state index contributed by atoms with van der Waals surface area (Å²) in [5, 5.41) is 2.76. The van der Waals surface area contributed by atoms with Gasteiger partial charge in [0.2, 0.25) is 11.8 Å². The molecule has 0 radical (unpaired) electrons. The monoisotopic (exact) mass is 365 g/mol. The number of rotatable bonds is 6. The van der Waals surface area contributed by atoms with Crippen molar-refractivity contribution in [2.24, 2.45) is 11.7 Å². The highest BCUT2D eigenvalue weighted by molar-refractivity contribution is 6.31. The second kappa shape index (κ2) is 9.70. The molecular weight excluding hydrogens is 344 g/mol. The van der Waals surface area contributed by atoms with E-state index in [1.165, 1.54) is 23.1 Å². The zero-order chi connectivity index (χ0) is 16.9. The highest BCUT2D eigenvalue weighted by atomic mass is 35.5. The molecule has 1 rings (SSSR count). The molecule has 0 aromatic heterocycles. The highest BCUT2D eigenvalue weighted by Crippen LogP contribution is 2.18. The Morgan fingerprint density at radius 1 is 1.39 bits per heavy atom. The lowest BCUT2D eigenvalue weighted by molar-refractivity contribution is -0.132. The van der Waals surface area contributed by atoms with Crippen LogP contribution in [0.15, 0.2) is 18.2 Å². The molecule has 0 fully saturated rings. The van der Waals surface area contributed by atoms with Crippen LogP contribution in [-0.4, -0.2) is 36.3 Å². The van der Waals surface area contributed by atoms with Crippen molar-refractivity contribution >= 4 is 35.8 Å². The van der Waals surface area contributed by atoms with Gasteiger partial charge in [0.05, 0.1) is 12.6 Å². The summed E-state index contributed by atoms with van der Waals surface area (Å²) in [5.41, 5.74) is 6.32. The summed E-state index contributed by atoms with van der Waals surface area (Å²) in [6.45, 7) is 3.74. The molecule has 1 aromatic rings. The van der Waals surface area contributed by atoms with E-state index < -0.39 is 11.9 Å². The van der Waals surface area contributed by atoms with Crippen LogP contribution in [0, 0.1) is 11.7 Å². The number of amides is 2. The van der Waals surface area contributed by atoms with Crippen LogP contribution in [0.1, 0.15) is 19.4 Å². The highest BCUT2D eigenvalue weighted by Gasteiger charge is 2.19. The van der Waals surface area contributed by atoms with Crippen LogP contribution in [0.25, 0.3) is 0 Å². The Morgan fingerprint density at radius 2 is 2.00 bits per heavy atom. The third-order valence-corrected chi connectivity index (χ3v) is 3.64. The minimum absolute atomic E-state index is 0. The molecule has 1 atom stereocenters. The van der Waals surface area contributed by atoms with Crippen LogP contribution in [-0.2, 0) is 16.1 Å². The number of hydrogen-bond acceptors (Lipinski definition) is 3. The Bertz CT molecular complexity index is 556. The quantitative estimate of drug-likeness (QED) is 0.808. The smallest absolute Gasteiger partial charge is 0.242 e. The summed E-state index contributed by atoms with van der Waals surface area (Å²) in [5.74, 6) is -1.09. The predicted molar refractivity (Wildman–Crippen MR) is 91.0 cm³/mol. The van der Waals surface area contributed by atoms with E-state index in [1.54, 1.807) is 7.05 Å². The summed E-state index contributed by atoms with van der Waals surface area (Å²) in [7, 11) is 1.58. The normalized spacial score (nSPS) is 11.6. The van der Waals surface area contributed by atoms with E-state index in [1.807, 2.05) is 13.8 Å². The number of nitrogens with zero attached hydrogens (tertiary/aromatic N) is 1. The fourth-order valence-corrected chi connectivity index (χ4v) is 1.94. The van der Waals surface area contributed by atoms with E-state index in [0.29, 0.717) is 5.56 Å². The van der Waals surface area contributed by atoms with Crippen molar-refractivity contribution < 1.29 is 14.0 Å². The first-order valence-electron chi connectivity index (χ1n) is 6.93. The largest absolute Gasteiger partial charge is 0.346 e. The summed E-state index contributed by atoms with van der Waals surface area (Å²) >= 11 is 5.92. The molecule has 2 amide bonds. The fourth-order valence-electron chi connectivity index (χ4n) is 1.71. The van der Waals surface area contributed by atoms with Crippen molar-refractivity contribution in [3.05, 3.63) is 34.6 Å². The van der Waals surface area contributed by atoms with E-state index in [4.69, 9.17) is 17.3 Å². The van der Waals surface area contributed by atoms with Crippen molar-refractivity contribution in [3.63, 3.8) is 0 Å². The molecule has 0 aliphatic heterocycles. The predicted octanol–water partition coefficient (Wildman–Crippen LogP) is 1.96. The Hall–Kier alpha value is -1.37. The van der Waals surface area contributed by atoms with Gasteiger partial charge in [0.15, 0.2) is 0 Å². The third kappa shape index (κ3) is 6.72. The topological polar surface area (TPSA) is 75.4 Å². The number of halogens is 3. The molecule has 1 aromatic carbocycles. The minimum atomic E-state index is -0.648. The summed E-state index contributed by atoms with van der Waals surface area (Å²) < 4.78 is 13.0. The number of carbonyl (C=O) groups excluding carboxylic acids is 2. The van der Waals surface area contributed by atoms with Gasteiger partial charge >= 0.3 is 0 Å². The van der Waals surface area contributed by atoms with Gasteiger partial charge in [-0.2, -0.15) is 0 Å². The summed E-state index contributed by atoms with van der Waals surface area (Å²) in [6.07, 6.45) is 0. The molecule has 0 unspecified atom stereocenters. The number of likely N-dealkylation sites (N-methyl/N-ethyl adjacent to an activating group) is 1. The molecule has 0 aliphatic carbocycles. The summed E-state index contributed by atoms with van der Waals surface area (Å²) in [6, 6.07) is 3.35. The molecule has 5 nitrogen and oxygen atoms in total. The van der Waals surface area contributed by atoms with Crippen LogP contribution in [0.3, 0.4) is 0 Å². The maximum absolute atomic E-state index is 13.0. The molecule has 0 spiro atoms. The Morgan fingerprint density at radius 3 is 2.52 bits per heavy atom. The molecular formula is C15H22Cl2FN3O2. The number of hydrogen-bond donors (Lipinski definition) is 2. The molecule has 23 heavy (non-hydrogen) atoms. The van der Waals surface area contributed by atoms with Crippen molar-refractivity contribution in [2.75, 3.05) is 13.6 Å². The average Bonchev–Trinajstić information content (AvgIpc) is 2.46. The van der Waals surface area contributed by atoms with Gasteiger partial charge in [-0.3, -0.25) is 9.59 Å². The molecule has 0 heterocycles. The van der Waals surface area contributed by atoms with Crippen LogP contribution >= 0.6 is 24.0 Å². The van der Waals surface area contributed by atoms with Crippen molar-refractivity contribution in [3.8, 4) is 0 Å². The standard InChI is InChI=1S/C15H21ClFN3O2.ClH/c1-9(2)14(18)15(22)19-7-13(21)20(3)8-10-4-5-11(17)6-12(10)16;/h4-6,9,14H,7-8,18H2,1-3H3,(H,19,22);1H/t14-;/m0./s1. The average molecular weight is 366 g/mol. The number of benzene rings is 1. The zero-order valence-electron chi connectivity index (χ0n) is 13.3. The third-order valence-electron chi connectivity index (χ3n) is 3.28. The first kappa shape index (κ1) is 21.6. The first-order chi connectivity index (χ1) is 10.2. The Labute approximate surface area is 146 Å². The van der Waals surface area contributed by atoms with E-state index >= 15 is 0 Å². The maximum atomic E-state index is 13.0. The van der Waals surface area contributed by atoms with Crippen LogP contribution in [0.4, 0.5) is 4.39 Å². The van der Waals surface area contributed by atoms with Gasteiger partial charge in [-0.1, -0.05) is 31.5 Å². The second-order valence-electron chi connectivity index (χ2n) is 5.47. The number of nitrogens with one attached hydrogen (secondary N) is 1. The molecule has 0 aliphatic rings. The number of carbonyl (C=O) groups is 2. The van der Waals surface area contributed by atoms with Gasteiger partial charge in [0.1, 0.15) is 5.82 Å². The second-order valence-corrected chi connectivity index (χ2v) is 5.88. The lowest BCUT2D eigenvalue weighted by Crippen LogP contribution is -2.47. The van der Waals surface area contributed by atoms with Crippen LogP contribution in [0.5, 0.6) is 0 Å². The SMILES string of the molecule is CC(C)[C@H](N)C(=O)NCC(=O)N(C)Cc1ccc(F)cc1Cl.Cl. The zero-order valence-corrected chi connectivity index (χ0v) is 14.9. The molecule has 3 N–H and O–H groups in total. The molecule has 130 valence electrons. The van der Waals surface area contributed by atoms with E-state index in [0.717, 1.165) is 0 Å². The molecule has 0 bridgehead atoms. The van der Waals surface area contributed by atoms with Gasteiger partial charge in [0, 0.05) is 18.6 Å². The van der Waals surface area contributed by atoms with Gasteiger partial charge < -0.3 is 16.0 Å². The van der Waals surface area contributed by atoms with Crippen LogP contribution in [0.2, 0.25) is 5.02 Å². The van der Waals surface area contributed by atoms with Gasteiger partial charge in [-0.25, -0.2) is 4.39 Å². The summed E-state index contributed by atoms with van der Waals surface area (Å²) in [4.78, 5) is 25.1. The Kier molecular flexibility index (Phi) is 9.12. The molecule has 8 heteroatoms. The first-order valence-corrected chi connectivity index (χ1v) is 7.31.